The van der Waals surface area contributed by atoms with E-state index in [4.69, 9.17) is 5.73 Å². The minimum atomic E-state index is -3.88. The third-order valence-electron chi connectivity index (χ3n) is 2.58. The van der Waals surface area contributed by atoms with Gasteiger partial charge in [0.1, 0.15) is 5.82 Å². The Kier molecular flexibility index (Phi) is 4.67. The molecule has 19 heavy (non-hydrogen) atoms. The van der Waals surface area contributed by atoms with E-state index in [9.17, 15) is 17.9 Å². The molecule has 0 saturated heterocycles. The lowest BCUT2D eigenvalue weighted by Gasteiger charge is -2.25. The highest BCUT2D eigenvalue weighted by molar-refractivity contribution is 7.89. The van der Waals surface area contributed by atoms with Gasteiger partial charge < -0.3 is 10.8 Å². The van der Waals surface area contributed by atoms with Crippen LogP contribution in [0.2, 0.25) is 0 Å². The highest BCUT2D eigenvalue weighted by atomic mass is 32.2. The highest BCUT2D eigenvalue weighted by Gasteiger charge is 2.28. The Labute approximate surface area is 112 Å². The third-order valence-corrected chi connectivity index (χ3v) is 4.47. The molecule has 0 aromatic heterocycles. The summed E-state index contributed by atoms with van der Waals surface area (Å²) < 4.78 is 39.2. The van der Waals surface area contributed by atoms with Gasteiger partial charge in [-0.2, -0.15) is 4.31 Å². The molecule has 5 nitrogen and oxygen atoms in total. The molecule has 7 heteroatoms. The fourth-order valence-corrected chi connectivity index (χ4v) is 3.34. The van der Waals surface area contributed by atoms with Crippen LogP contribution in [0.3, 0.4) is 0 Å². The second kappa shape index (κ2) is 5.54. The summed E-state index contributed by atoms with van der Waals surface area (Å²) in [6.07, 6.45) is 0. The van der Waals surface area contributed by atoms with Crippen LogP contribution in [0.25, 0.3) is 0 Å². The molecular formula is C12H19FN2O3S. The van der Waals surface area contributed by atoms with Gasteiger partial charge in [0.25, 0.3) is 0 Å². The zero-order valence-electron chi connectivity index (χ0n) is 11.2. The first-order valence-electron chi connectivity index (χ1n) is 5.76. The van der Waals surface area contributed by atoms with Crippen LogP contribution in [0, 0.1) is 5.82 Å². The summed E-state index contributed by atoms with van der Waals surface area (Å²) >= 11 is 0. The van der Waals surface area contributed by atoms with Crippen LogP contribution in [0.5, 0.6) is 0 Å². The summed E-state index contributed by atoms with van der Waals surface area (Å²) in [5.41, 5.74) is 4.17. The van der Waals surface area contributed by atoms with E-state index >= 15 is 0 Å². The molecule has 0 amide bonds. The van der Waals surface area contributed by atoms with E-state index in [1.165, 1.54) is 33.0 Å². The van der Waals surface area contributed by atoms with Gasteiger partial charge in [-0.05, 0) is 26.0 Å². The van der Waals surface area contributed by atoms with E-state index in [2.05, 4.69) is 0 Å². The van der Waals surface area contributed by atoms with Crippen LogP contribution in [0.4, 0.5) is 4.39 Å². The van der Waals surface area contributed by atoms with Gasteiger partial charge in [0.15, 0.2) is 0 Å². The van der Waals surface area contributed by atoms with E-state index in [0.29, 0.717) is 0 Å². The van der Waals surface area contributed by atoms with Crippen molar-refractivity contribution in [3.63, 3.8) is 0 Å². The number of benzene rings is 1. The maximum absolute atomic E-state index is 13.6. The molecule has 0 saturated carbocycles. The first-order chi connectivity index (χ1) is 8.59. The summed E-state index contributed by atoms with van der Waals surface area (Å²) in [6, 6.07) is 3.79. The number of aliphatic hydroxyl groups is 1. The fourth-order valence-electron chi connectivity index (χ4n) is 1.78. The van der Waals surface area contributed by atoms with Crippen molar-refractivity contribution in [3.05, 3.63) is 29.6 Å². The Hall–Kier alpha value is -1.02. The van der Waals surface area contributed by atoms with Crippen LogP contribution in [-0.2, 0) is 16.6 Å². The SMILES string of the molecule is CN(CC(C)(C)O)S(=O)(=O)c1cccc(F)c1CN. The monoisotopic (exact) mass is 290 g/mol. The second-order valence-electron chi connectivity index (χ2n) is 4.99. The largest absolute Gasteiger partial charge is 0.389 e. The summed E-state index contributed by atoms with van der Waals surface area (Å²) in [6.45, 7) is 2.68. The molecule has 0 atom stereocenters. The average molecular weight is 290 g/mol. The van der Waals surface area contributed by atoms with Crippen molar-refractivity contribution < 1.29 is 17.9 Å². The number of nitrogens with two attached hydrogens (primary N) is 1. The van der Waals surface area contributed by atoms with Crippen molar-refractivity contribution in [3.8, 4) is 0 Å². The summed E-state index contributed by atoms with van der Waals surface area (Å²) in [5.74, 6) is -0.653. The molecule has 1 aromatic carbocycles. The van der Waals surface area contributed by atoms with Crippen LogP contribution < -0.4 is 5.73 Å². The predicted octanol–water partition coefficient (Wildman–Crippen LogP) is 0.676. The van der Waals surface area contributed by atoms with Crippen LogP contribution in [0.15, 0.2) is 23.1 Å². The molecule has 3 N–H and O–H groups in total. The minimum Gasteiger partial charge on any atom is -0.389 e. The van der Waals surface area contributed by atoms with Crippen molar-refractivity contribution in [2.45, 2.75) is 30.9 Å². The molecule has 0 bridgehead atoms. The molecule has 0 aliphatic carbocycles. The van der Waals surface area contributed by atoms with Gasteiger partial charge in [0, 0.05) is 25.7 Å². The zero-order valence-corrected chi connectivity index (χ0v) is 12.0. The lowest BCUT2D eigenvalue weighted by Crippen LogP contribution is -2.40. The second-order valence-corrected chi connectivity index (χ2v) is 7.01. The Morgan fingerprint density at radius 1 is 1.42 bits per heavy atom. The Morgan fingerprint density at radius 3 is 2.47 bits per heavy atom. The van der Waals surface area contributed by atoms with Gasteiger partial charge in [-0.1, -0.05) is 6.07 Å². The number of sulfonamides is 1. The number of rotatable bonds is 5. The number of halogens is 1. The van der Waals surface area contributed by atoms with Crippen molar-refractivity contribution in [2.24, 2.45) is 5.73 Å². The van der Waals surface area contributed by atoms with E-state index in [1.54, 1.807) is 0 Å². The van der Waals surface area contributed by atoms with E-state index < -0.39 is 21.4 Å². The first-order valence-corrected chi connectivity index (χ1v) is 7.20. The van der Waals surface area contributed by atoms with Gasteiger partial charge in [0.2, 0.25) is 10.0 Å². The molecule has 0 radical (unpaired) electrons. The molecule has 0 heterocycles. The lowest BCUT2D eigenvalue weighted by atomic mass is 10.1. The Morgan fingerprint density at radius 2 is 2.00 bits per heavy atom. The van der Waals surface area contributed by atoms with Crippen molar-refractivity contribution in [1.82, 2.24) is 4.31 Å². The first kappa shape index (κ1) is 16.0. The summed E-state index contributed by atoms with van der Waals surface area (Å²) in [5, 5.41) is 9.67. The average Bonchev–Trinajstić information content (AvgIpc) is 2.26. The molecule has 1 rings (SSSR count). The standard InChI is InChI=1S/C12H19FN2O3S/c1-12(2,16)8-15(3)19(17,18)11-6-4-5-10(13)9(11)7-14/h4-6,16H,7-8,14H2,1-3H3. The molecule has 0 aliphatic heterocycles. The van der Waals surface area contributed by atoms with Crippen molar-refractivity contribution in [2.75, 3.05) is 13.6 Å². The highest BCUT2D eigenvalue weighted by Crippen LogP contribution is 2.22. The van der Waals surface area contributed by atoms with E-state index in [1.807, 2.05) is 0 Å². The maximum Gasteiger partial charge on any atom is 0.243 e. The van der Waals surface area contributed by atoms with Crippen LogP contribution >= 0.6 is 0 Å². The number of nitrogens with zero attached hydrogens (tertiary/aromatic N) is 1. The molecule has 0 aliphatic rings. The van der Waals surface area contributed by atoms with Crippen LogP contribution in [0.1, 0.15) is 19.4 Å². The van der Waals surface area contributed by atoms with Gasteiger partial charge in [-0.15, -0.1) is 0 Å². The number of hydrogen-bond donors (Lipinski definition) is 2. The normalized spacial score (nSPS) is 13.0. The Balaban J connectivity index is 3.25. The predicted molar refractivity (Wildman–Crippen MR) is 70.4 cm³/mol. The van der Waals surface area contributed by atoms with Gasteiger partial charge in [-0.25, -0.2) is 12.8 Å². The van der Waals surface area contributed by atoms with E-state index in [0.717, 1.165) is 10.4 Å². The topological polar surface area (TPSA) is 83.6 Å². The Bertz CT molecular complexity index is 553. The fraction of sp³-hybridized carbons (Fsp3) is 0.500. The van der Waals surface area contributed by atoms with Crippen molar-refractivity contribution in [1.29, 1.82) is 0 Å². The maximum atomic E-state index is 13.6. The molecular weight excluding hydrogens is 271 g/mol. The molecule has 0 spiro atoms. The van der Waals surface area contributed by atoms with Gasteiger partial charge in [-0.3, -0.25) is 0 Å². The smallest absolute Gasteiger partial charge is 0.243 e. The third kappa shape index (κ3) is 3.73. The molecule has 0 unspecified atom stereocenters. The van der Waals surface area contributed by atoms with Gasteiger partial charge in [0.05, 0.1) is 10.5 Å². The molecule has 0 fully saturated rings. The number of likely N-dealkylation sites (N-methyl/N-ethyl adjacent to an activating group) is 1. The summed E-state index contributed by atoms with van der Waals surface area (Å²) in [4.78, 5) is -0.165. The zero-order chi connectivity index (χ0) is 14.8. The van der Waals surface area contributed by atoms with E-state index in [-0.39, 0.29) is 23.5 Å². The van der Waals surface area contributed by atoms with Crippen LogP contribution in [-0.4, -0.2) is 37.0 Å². The molecule has 108 valence electrons. The quantitative estimate of drug-likeness (QED) is 0.835. The van der Waals surface area contributed by atoms with Crippen molar-refractivity contribution >= 4 is 10.0 Å². The minimum absolute atomic E-state index is 0.0508. The number of hydrogen-bond acceptors (Lipinski definition) is 4. The summed E-state index contributed by atoms with van der Waals surface area (Å²) in [7, 11) is -2.55. The lowest BCUT2D eigenvalue weighted by molar-refractivity contribution is 0.0640. The molecule has 1 aromatic rings. The van der Waals surface area contributed by atoms with Gasteiger partial charge >= 0.3 is 0 Å².